The molecule has 0 aromatic heterocycles. The molecule has 1 N–H and O–H groups in total. The fourth-order valence-corrected chi connectivity index (χ4v) is 6.21. The van der Waals surface area contributed by atoms with E-state index >= 15 is 0 Å². The zero-order valence-corrected chi connectivity index (χ0v) is 17.2. The summed E-state index contributed by atoms with van der Waals surface area (Å²) in [7, 11) is -3.80. The van der Waals surface area contributed by atoms with Crippen molar-refractivity contribution >= 4 is 21.4 Å². The predicted molar refractivity (Wildman–Crippen MR) is 109 cm³/mol. The Balaban J connectivity index is 2.03. The number of hydrogen-bond donors (Lipinski definition) is 1. The molecule has 0 spiro atoms. The number of hydrogen-bond acceptors (Lipinski definition) is 3. The van der Waals surface area contributed by atoms with E-state index in [1.54, 1.807) is 13.0 Å². The zero-order chi connectivity index (χ0) is 19.8. The van der Waals surface area contributed by atoms with Crippen molar-refractivity contribution in [2.24, 2.45) is 0 Å². The van der Waals surface area contributed by atoms with Crippen LogP contribution in [0.1, 0.15) is 47.9 Å². The van der Waals surface area contributed by atoms with E-state index in [1.807, 2.05) is 51.1 Å². The summed E-state index contributed by atoms with van der Waals surface area (Å²) in [5.74, 6) is -0.413. The number of nitrogens with one attached hydrogen (secondary N) is 1. The molecule has 0 heterocycles. The minimum atomic E-state index is -3.80. The number of benzene rings is 2. The molecular formula is C22H27NO3S. The van der Waals surface area contributed by atoms with Crippen molar-refractivity contribution in [3.63, 3.8) is 0 Å². The Kier molecular flexibility index (Phi) is 5.17. The van der Waals surface area contributed by atoms with Crippen LogP contribution >= 0.6 is 0 Å². The van der Waals surface area contributed by atoms with Gasteiger partial charge in [0, 0.05) is 5.69 Å². The molecule has 2 aromatic rings. The van der Waals surface area contributed by atoms with Gasteiger partial charge < -0.3 is 5.32 Å². The number of anilines is 1. The molecule has 3 rings (SSSR count). The molecule has 27 heavy (non-hydrogen) atoms. The molecule has 0 bridgehead atoms. The Hall–Kier alpha value is -2.14. The molecule has 5 heteroatoms. The van der Waals surface area contributed by atoms with Gasteiger partial charge in [0.2, 0.25) is 5.91 Å². The van der Waals surface area contributed by atoms with E-state index in [1.165, 1.54) is 0 Å². The van der Waals surface area contributed by atoms with Gasteiger partial charge in [-0.2, -0.15) is 0 Å². The summed E-state index contributed by atoms with van der Waals surface area (Å²) in [5, 5.41) is 2.88. The lowest BCUT2D eigenvalue weighted by Gasteiger charge is -2.28. The molecule has 144 valence electrons. The Morgan fingerprint density at radius 1 is 0.889 bits per heavy atom. The minimum Gasteiger partial charge on any atom is -0.325 e. The minimum absolute atomic E-state index is 0.277. The fourth-order valence-electron chi connectivity index (χ4n) is 3.84. The molecule has 0 unspecified atom stereocenters. The fraction of sp³-hybridized carbons (Fsp3) is 0.409. The number of aryl methyl sites for hydroxylation is 4. The summed E-state index contributed by atoms with van der Waals surface area (Å²) in [6, 6.07) is 11.0. The van der Waals surface area contributed by atoms with Gasteiger partial charge in [-0.05, 0) is 81.0 Å². The molecule has 4 nitrogen and oxygen atoms in total. The van der Waals surface area contributed by atoms with Crippen LogP contribution in [0.25, 0.3) is 0 Å². The first-order chi connectivity index (χ1) is 12.7. The highest BCUT2D eigenvalue weighted by molar-refractivity contribution is 7.93. The highest BCUT2D eigenvalue weighted by atomic mass is 32.2. The van der Waals surface area contributed by atoms with E-state index in [9.17, 15) is 13.2 Å². The highest BCUT2D eigenvalue weighted by Gasteiger charge is 2.53. The van der Waals surface area contributed by atoms with Crippen molar-refractivity contribution in [2.45, 2.75) is 63.0 Å². The number of amides is 1. The van der Waals surface area contributed by atoms with Gasteiger partial charge in [-0.3, -0.25) is 4.79 Å². The third-order valence-corrected chi connectivity index (χ3v) is 8.38. The highest BCUT2D eigenvalue weighted by Crippen LogP contribution is 2.42. The lowest BCUT2D eigenvalue weighted by Crippen LogP contribution is -2.47. The number of rotatable bonds is 4. The first-order valence-corrected chi connectivity index (χ1v) is 10.9. The van der Waals surface area contributed by atoms with Crippen molar-refractivity contribution in [3.8, 4) is 0 Å². The summed E-state index contributed by atoms with van der Waals surface area (Å²) < 4.78 is 25.8. The standard InChI is InChI=1S/C22H27NO3S/c1-15-7-8-17(3)20(13-15)27(25,26)22(11-5-6-12-22)21(24)23-19-10-9-16(2)18(4)14-19/h7-10,13-14H,5-6,11-12H2,1-4H3,(H,23,24). The Morgan fingerprint density at radius 2 is 1.52 bits per heavy atom. The van der Waals surface area contributed by atoms with Crippen LogP contribution in [0.2, 0.25) is 0 Å². The summed E-state index contributed by atoms with van der Waals surface area (Å²) in [6.45, 7) is 7.64. The van der Waals surface area contributed by atoms with E-state index in [2.05, 4.69) is 5.32 Å². The van der Waals surface area contributed by atoms with Crippen molar-refractivity contribution < 1.29 is 13.2 Å². The number of carbonyl (C=O) groups excluding carboxylic acids is 1. The van der Waals surface area contributed by atoms with Gasteiger partial charge in [0.1, 0.15) is 0 Å². The monoisotopic (exact) mass is 385 g/mol. The van der Waals surface area contributed by atoms with Gasteiger partial charge in [-0.15, -0.1) is 0 Å². The number of sulfone groups is 1. The van der Waals surface area contributed by atoms with Crippen LogP contribution in [0, 0.1) is 27.7 Å². The lowest BCUT2D eigenvalue weighted by atomic mass is 10.1. The molecule has 1 saturated carbocycles. The SMILES string of the molecule is Cc1ccc(C)c(S(=O)(=O)C2(C(=O)Nc3ccc(C)c(C)c3)CCCC2)c1. The molecule has 1 amide bonds. The molecule has 0 saturated heterocycles. The second-order valence-electron chi connectivity index (χ2n) is 7.73. The van der Waals surface area contributed by atoms with Gasteiger partial charge in [0.15, 0.2) is 14.6 Å². The maximum Gasteiger partial charge on any atom is 0.246 e. The third-order valence-electron chi connectivity index (χ3n) is 5.74. The van der Waals surface area contributed by atoms with E-state index in [0.717, 1.165) is 29.5 Å². The van der Waals surface area contributed by atoms with Crippen molar-refractivity contribution in [1.29, 1.82) is 0 Å². The molecule has 0 radical (unpaired) electrons. The van der Waals surface area contributed by atoms with Crippen molar-refractivity contribution in [1.82, 2.24) is 0 Å². The lowest BCUT2D eigenvalue weighted by molar-refractivity contribution is -0.118. The first kappa shape index (κ1) is 19.6. The second-order valence-corrected chi connectivity index (χ2v) is 9.96. The number of carbonyl (C=O) groups is 1. The Morgan fingerprint density at radius 3 is 2.15 bits per heavy atom. The maximum absolute atomic E-state index is 13.6. The van der Waals surface area contributed by atoms with Gasteiger partial charge in [0.25, 0.3) is 0 Å². The van der Waals surface area contributed by atoms with E-state index < -0.39 is 20.5 Å². The van der Waals surface area contributed by atoms with Gasteiger partial charge >= 0.3 is 0 Å². The first-order valence-electron chi connectivity index (χ1n) is 9.38. The topological polar surface area (TPSA) is 63.2 Å². The average molecular weight is 386 g/mol. The molecule has 1 aliphatic carbocycles. The predicted octanol–water partition coefficient (Wildman–Crippen LogP) is 4.65. The molecule has 1 fully saturated rings. The van der Waals surface area contributed by atoms with Gasteiger partial charge in [-0.25, -0.2) is 8.42 Å². The van der Waals surface area contributed by atoms with E-state index in [0.29, 0.717) is 24.1 Å². The van der Waals surface area contributed by atoms with E-state index in [-0.39, 0.29) is 4.90 Å². The molecular weight excluding hydrogens is 358 g/mol. The molecule has 0 atom stereocenters. The van der Waals surface area contributed by atoms with Crippen LogP contribution in [-0.4, -0.2) is 19.1 Å². The zero-order valence-electron chi connectivity index (χ0n) is 16.4. The normalized spacial score (nSPS) is 16.3. The van der Waals surface area contributed by atoms with Crippen LogP contribution in [0.4, 0.5) is 5.69 Å². The van der Waals surface area contributed by atoms with E-state index in [4.69, 9.17) is 0 Å². The quantitative estimate of drug-likeness (QED) is 0.833. The summed E-state index contributed by atoms with van der Waals surface area (Å²) in [6.07, 6.45) is 2.20. The summed E-state index contributed by atoms with van der Waals surface area (Å²) in [4.78, 5) is 13.5. The summed E-state index contributed by atoms with van der Waals surface area (Å²) in [5.41, 5.74) is 4.40. The maximum atomic E-state index is 13.6. The van der Waals surface area contributed by atoms with Crippen LogP contribution in [0.3, 0.4) is 0 Å². The second kappa shape index (κ2) is 7.12. The molecule has 1 aliphatic rings. The average Bonchev–Trinajstić information content (AvgIpc) is 3.12. The molecule has 0 aliphatic heterocycles. The van der Waals surface area contributed by atoms with Crippen LogP contribution < -0.4 is 5.32 Å². The van der Waals surface area contributed by atoms with Crippen LogP contribution in [0.15, 0.2) is 41.3 Å². The third kappa shape index (κ3) is 3.41. The van der Waals surface area contributed by atoms with Crippen molar-refractivity contribution in [2.75, 3.05) is 5.32 Å². The van der Waals surface area contributed by atoms with Gasteiger partial charge in [-0.1, -0.05) is 31.0 Å². The molecule has 2 aromatic carbocycles. The Bertz CT molecular complexity index is 987. The Labute approximate surface area is 161 Å². The van der Waals surface area contributed by atoms with Crippen LogP contribution in [0.5, 0.6) is 0 Å². The smallest absolute Gasteiger partial charge is 0.246 e. The summed E-state index contributed by atoms with van der Waals surface area (Å²) >= 11 is 0. The largest absolute Gasteiger partial charge is 0.325 e. The van der Waals surface area contributed by atoms with Gasteiger partial charge in [0.05, 0.1) is 4.90 Å². The van der Waals surface area contributed by atoms with Crippen LogP contribution in [-0.2, 0) is 14.6 Å². The van der Waals surface area contributed by atoms with Crippen molar-refractivity contribution in [3.05, 3.63) is 58.7 Å².